The summed E-state index contributed by atoms with van der Waals surface area (Å²) < 4.78 is 25.4. The Morgan fingerprint density at radius 2 is 2.21 bits per heavy atom. The molecule has 1 unspecified atom stereocenters. The molecule has 1 aliphatic rings. The van der Waals surface area contributed by atoms with Gasteiger partial charge < -0.3 is 9.47 Å². The minimum absolute atomic E-state index is 0.0437. The summed E-state index contributed by atoms with van der Waals surface area (Å²) in [7, 11) is 1.47. The third-order valence-electron chi connectivity index (χ3n) is 4.71. The van der Waals surface area contributed by atoms with Crippen LogP contribution in [0.4, 0.5) is 4.39 Å². The van der Waals surface area contributed by atoms with Crippen LogP contribution in [0.5, 0.6) is 5.88 Å². The molecule has 1 aliphatic heterocycles. The molecular formula is C18H21FN6O3. The van der Waals surface area contributed by atoms with Crippen molar-refractivity contribution in [1.82, 2.24) is 14.9 Å². The minimum atomic E-state index is -0.848. The van der Waals surface area contributed by atoms with Gasteiger partial charge in [-0.05, 0) is 37.5 Å². The zero-order valence-corrected chi connectivity index (χ0v) is 15.7. The van der Waals surface area contributed by atoms with Crippen LogP contribution in [0.15, 0.2) is 23.4 Å². The number of azide groups is 1. The smallest absolute Gasteiger partial charge is 0.303 e. The second kappa shape index (κ2) is 8.81. The van der Waals surface area contributed by atoms with E-state index in [0.717, 1.165) is 6.20 Å². The summed E-state index contributed by atoms with van der Waals surface area (Å²) in [5.41, 5.74) is 9.53. The summed E-state index contributed by atoms with van der Waals surface area (Å²) in [5, 5.41) is 3.75. The molecule has 0 aliphatic carbocycles. The van der Waals surface area contributed by atoms with Gasteiger partial charge in [0, 0.05) is 30.5 Å². The second-order valence-corrected chi connectivity index (χ2v) is 6.58. The summed E-state index contributed by atoms with van der Waals surface area (Å²) in [6.45, 7) is 2.90. The van der Waals surface area contributed by atoms with Gasteiger partial charge in [0.15, 0.2) is 5.82 Å². The zero-order valence-electron chi connectivity index (χ0n) is 15.7. The fraction of sp³-hybridized carbons (Fsp3) is 0.500. The predicted octanol–water partition coefficient (Wildman–Crippen LogP) is 3.16. The van der Waals surface area contributed by atoms with Gasteiger partial charge in [-0.1, -0.05) is 5.11 Å². The monoisotopic (exact) mass is 388 g/mol. The summed E-state index contributed by atoms with van der Waals surface area (Å²) >= 11 is 0. The van der Waals surface area contributed by atoms with E-state index in [0.29, 0.717) is 49.4 Å². The zero-order chi connectivity index (χ0) is 20.1. The number of ether oxygens (including phenoxy) is 2. The average Bonchev–Trinajstić information content (AvgIpc) is 2.68. The van der Waals surface area contributed by atoms with Crippen LogP contribution in [0.2, 0.25) is 0 Å². The van der Waals surface area contributed by atoms with Crippen LogP contribution in [-0.2, 0) is 9.53 Å². The standard InChI is InChI=1S/C18H21FN6O3/c1-11(26)28-15(10-25-7-5-12(6-8-25)23-24-20)17-13(19)9-21-14-3-4-16(27-2)22-18(14)17/h3-4,9,12,15H,5-8,10H2,1-2H3. The fourth-order valence-corrected chi connectivity index (χ4v) is 3.38. The molecule has 2 aromatic heterocycles. The summed E-state index contributed by atoms with van der Waals surface area (Å²) in [6.07, 6.45) is 1.65. The maximum Gasteiger partial charge on any atom is 0.303 e. The molecule has 0 amide bonds. The highest BCUT2D eigenvalue weighted by molar-refractivity contribution is 5.79. The third-order valence-corrected chi connectivity index (χ3v) is 4.71. The van der Waals surface area contributed by atoms with E-state index >= 15 is 0 Å². The highest BCUT2D eigenvalue weighted by Gasteiger charge is 2.28. The molecule has 0 bridgehead atoms. The molecule has 3 heterocycles. The van der Waals surface area contributed by atoms with Gasteiger partial charge in [-0.2, -0.15) is 0 Å². The van der Waals surface area contributed by atoms with Crippen LogP contribution in [0.25, 0.3) is 21.5 Å². The van der Waals surface area contributed by atoms with Gasteiger partial charge in [-0.3, -0.25) is 14.7 Å². The summed E-state index contributed by atoms with van der Waals surface area (Å²) in [4.78, 5) is 25.0. The number of carbonyl (C=O) groups excluding carboxylic acids is 1. The van der Waals surface area contributed by atoms with Crippen molar-refractivity contribution in [2.75, 3.05) is 26.7 Å². The Balaban J connectivity index is 1.92. The third kappa shape index (κ3) is 4.47. The number of hydrogen-bond acceptors (Lipinski definition) is 7. The van der Waals surface area contributed by atoms with Gasteiger partial charge >= 0.3 is 5.97 Å². The first kappa shape index (κ1) is 19.8. The molecule has 0 aromatic carbocycles. The first-order valence-corrected chi connectivity index (χ1v) is 8.94. The molecule has 9 nitrogen and oxygen atoms in total. The van der Waals surface area contributed by atoms with Crippen molar-refractivity contribution in [3.63, 3.8) is 0 Å². The molecule has 1 atom stereocenters. The molecule has 0 radical (unpaired) electrons. The van der Waals surface area contributed by atoms with Crippen LogP contribution in [0, 0.1) is 5.82 Å². The maximum atomic E-state index is 14.8. The lowest BCUT2D eigenvalue weighted by molar-refractivity contribution is -0.147. The number of rotatable bonds is 6. The van der Waals surface area contributed by atoms with Crippen molar-refractivity contribution in [3.8, 4) is 5.88 Å². The lowest BCUT2D eigenvalue weighted by Crippen LogP contribution is -2.38. The van der Waals surface area contributed by atoms with Gasteiger partial charge in [0.1, 0.15) is 11.6 Å². The van der Waals surface area contributed by atoms with Crippen molar-refractivity contribution in [2.24, 2.45) is 5.11 Å². The van der Waals surface area contributed by atoms with E-state index in [1.54, 1.807) is 12.1 Å². The molecule has 0 saturated carbocycles. The molecular weight excluding hydrogens is 367 g/mol. The molecule has 1 saturated heterocycles. The molecule has 10 heteroatoms. The quantitative estimate of drug-likeness (QED) is 0.325. The van der Waals surface area contributed by atoms with Crippen molar-refractivity contribution in [1.29, 1.82) is 0 Å². The largest absolute Gasteiger partial charge is 0.481 e. The lowest BCUT2D eigenvalue weighted by atomic mass is 10.0. The highest BCUT2D eigenvalue weighted by atomic mass is 19.1. The Kier molecular flexibility index (Phi) is 6.23. The first-order chi connectivity index (χ1) is 13.5. The molecule has 2 aromatic rings. The van der Waals surface area contributed by atoms with Crippen molar-refractivity contribution >= 4 is 17.0 Å². The predicted molar refractivity (Wildman–Crippen MR) is 99.2 cm³/mol. The van der Waals surface area contributed by atoms with Crippen LogP contribution >= 0.6 is 0 Å². The van der Waals surface area contributed by atoms with Crippen LogP contribution in [-0.4, -0.2) is 53.6 Å². The Morgan fingerprint density at radius 3 is 2.86 bits per heavy atom. The number of likely N-dealkylation sites (tertiary alicyclic amines) is 1. The minimum Gasteiger partial charge on any atom is -0.481 e. The number of esters is 1. The molecule has 3 rings (SSSR count). The SMILES string of the molecule is COc1ccc2ncc(F)c(C(CN3CCC(N=[N+]=[N-])CC3)OC(C)=O)c2n1. The highest BCUT2D eigenvalue weighted by Crippen LogP contribution is 2.30. The van der Waals surface area contributed by atoms with Gasteiger partial charge in [-0.25, -0.2) is 9.37 Å². The number of fused-ring (bicyclic) bond motifs is 1. The van der Waals surface area contributed by atoms with E-state index in [4.69, 9.17) is 15.0 Å². The van der Waals surface area contributed by atoms with E-state index in [1.165, 1.54) is 14.0 Å². The van der Waals surface area contributed by atoms with Crippen LogP contribution in [0.1, 0.15) is 31.4 Å². The van der Waals surface area contributed by atoms with E-state index in [1.807, 2.05) is 0 Å². The number of halogens is 1. The second-order valence-electron chi connectivity index (χ2n) is 6.58. The molecule has 0 N–H and O–H groups in total. The van der Waals surface area contributed by atoms with Gasteiger partial charge in [0.2, 0.25) is 5.88 Å². The topological polar surface area (TPSA) is 113 Å². The maximum absolute atomic E-state index is 14.8. The number of hydrogen-bond donors (Lipinski definition) is 0. The number of nitrogens with zero attached hydrogens (tertiary/aromatic N) is 6. The number of carbonyl (C=O) groups is 1. The number of aromatic nitrogens is 2. The normalized spacial score (nSPS) is 16.4. The summed E-state index contributed by atoms with van der Waals surface area (Å²) in [6, 6.07) is 3.27. The Bertz CT molecular complexity index is 910. The number of piperidine rings is 1. The van der Waals surface area contributed by atoms with Crippen molar-refractivity contribution in [3.05, 3.63) is 40.2 Å². The average molecular weight is 388 g/mol. The van der Waals surface area contributed by atoms with Crippen molar-refractivity contribution in [2.45, 2.75) is 31.9 Å². The van der Waals surface area contributed by atoms with Gasteiger partial charge in [0.05, 0.1) is 24.4 Å². The van der Waals surface area contributed by atoms with Gasteiger partial charge in [0.25, 0.3) is 0 Å². The van der Waals surface area contributed by atoms with Gasteiger partial charge in [-0.15, -0.1) is 0 Å². The van der Waals surface area contributed by atoms with Crippen molar-refractivity contribution < 1.29 is 18.7 Å². The Labute approximate surface area is 161 Å². The first-order valence-electron chi connectivity index (χ1n) is 8.94. The molecule has 148 valence electrons. The Hall–Kier alpha value is -2.97. The number of methoxy groups -OCH3 is 1. The Morgan fingerprint density at radius 1 is 1.46 bits per heavy atom. The van der Waals surface area contributed by atoms with E-state index in [-0.39, 0.29) is 11.6 Å². The van der Waals surface area contributed by atoms with E-state index in [9.17, 15) is 9.18 Å². The number of pyridine rings is 2. The van der Waals surface area contributed by atoms with Crippen LogP contribution < -0.4 is 4.74 Å². The molecule has 1 fully saturated rings. The van der Waals surface area contributed by atoms with Crippen LogP contribution in [0.3, 0.4) is 0 Å². The lowest BCUT2D eigenvalue weighted by Gasteiger charge is -2.32. The van der Waals surface area contributed by atoms with E-state index < -0.39 is 17.9 Å². The summed E-state index contributed by atoms with van der Waals surface area (Å²) in [5.74, 6) is -0.789. The molecule has 28 heavy (non-hydrogen) atoms. The fourth-order valence-electron chi connectivity index (χ4n) is 3.38. The molecule has 0 spiro atoms. The van der Waals surface area contributed by atoms with E-state index in [2.05, 4.69) is 24.9 Å².